The molecule has 0 unspecified atom stereocenters. The number of likely N-dealkylation sites (N-methyl/N-ethyl adjacent to an activating group) is 1. The van der Waals surface area contributed by atoms with Crippen molar-refractivity contribution in [1.82, 2.24) is 15.2 Å². The number of carbonyl (C=O) groups excluding carboxylic acids is 1. The number of nitrogens with one attached hydrogen (secondary N) is 1. The number of amides is 1. The van der Waals surface area contributed by atoms with Crippen molar-refractivity contribution < 1.29 is 4.79 Å². The van der Waals surface area contributed by atoms with Gasteiger partial charge in [-0.1, -0.05) is 12.1 Å². The fraction of sp³-hybridized carbons (Fsp3) is 0.333. The molecule has 6 nitrogen and oxygen atoms in total. The summed E-state index contributed by atoms with van der Waals surface area (Å²) in [5, 5.41) is 2.89. The summed E-state index contributed by atoms with van der Waals surface area (Å²) in [6.45, 7) is 4.55. The van der Waals surface area contributed by atoms with Gasteiger partial charge in [0.15, 0.2) is 0 Å². The van der Waals surface area contributed by atoms with E-state index in [2.05, 4.69) is 27.1 Å². The molecule has 9 heteroatoms. The minimum absolute atomic E-state index is 0. The van der Waals surface area contributed by atoms with Crippen molar-refractivity contribution >= 4 is 54.6 Å². The fourth-order valence-corrected chi connectivity index (χ4v) is 2.71. The van der Waals surface area contributed by atoms with E-state index in [1.807, 2.05) is 18.3 Å². The molecule has 0 spiro atoms. The number of pyridine rings is 1. The van der Waals surface area contributed by atoms with Gasteiger partial charge in [-0.25, -0.2) is 4.98 Å². The Labute approximate surface area is 178 Å². The Balaban J connectivity index is 0.00000225. The van der Waals surface area contributed by atoms with E-state index >= 15 is 0 Å². The highest BCUT2D eigenvalue weighted by atomic mass is 35.5. The zero-order valence-corrected chi connectivity index (χ0v) is 17.6. The van der Waals surface area contributed by atoms with Crippen molar-refractivity contribution in [3.05, 3.63) is 53.7 Å². The Morgan fingerprint density at radius 1 is 1.11 bits per heavy atom. The lowest BCUT2D eigenvalue weighted by atomic mass is 10.2. The number of piperazine rings is 1. The van der Waals surface area contributed by atoms with Crippen LogP contribution >= 0.6 is 37.2 Å². The maximum absolute atomic E-state index is 12.1. The summed E-state index contributed by atoms with van der Waals surface area (Å²) < 4.78 is 0. The molecule has 1 aromatic heterocycles. The minimum atomic E-state index is -0.134. The molecule has 0 saturated carbocycles. The quantitative estimate of drug-likeness (QED) is 0.724. The maximum Gasteiger partial charge on any atom is 0.251 e. The smallest absolute Gasteiger partial charge is 0.251 e. The van der Waals surface area contributed by atoms with Gasteiger partial charge in [0, 0.05) is 50.2 Å². The molecular formula is C18H26Cl3N5O. The van der Waals surface area contributed by atoms with Crippen LogP contribution in [0.4, 0.5) is 11.5 Å². The monoisotopic (exact) mass is 433 g/mol. The average Bonchev–Trinajstić information content (AvgIpc) is 2.61. The van der Waals surface area contributed by atoms with E-state index in [0.717, 1.165) is 37.6 Å². The van der Waals surface area contributed by atoms with Crippen molar-refractivity contribution in [3.63, 3.8) is 0 Å². The Morgan fingerprint density at radius 2 is 1.81 bits per heavy atom. The highest BCUT2D eigenvalue weighted by Gasteiger charge is 2.15. The van der Waals surface area contributed by atoms with Gasteiger partial charge in [0.1, 0.15) is 5.82 Å². The van der Waals surface area contributed by atoms with Gasteiger partial charge in [-0.05, 0) is 36.9 Å². The molecule has 0 bridgehead atoms. The lowest BCUT2D eigenvalue weighted by Crippen LogP contribution is -2.44. The molecule has 27 heavy (non-hydrogen) atoms. The number of aromatic nitrogens is 1. The molecule has 2 aromatic rings. The van der Waals surface area contributed by atoms with Crippen molar-refractivity contribution in [2.24, 2.45) is 0 Å². The molecule has 2 heterocycles. The van der Waals surface area contributed by atoms with E-state index in [0.29, 0.717) is 17.8 Å². The topological polar surface area (TPSA) is 74.5 Å². The molecule has 0 radical (unpaired) electrons. The molecule has 1 aliphatic heterocycles. The average molecular weight is 435 g/mol. The lowest BCUT2D eigenvalue weighted by Gasteiger charge is -2.33. The Bertz CT molecular complexity index is 706. The third-order valence-corrected chi connectivity index (χ3v) is 4.24. The summed E-state index contributed by atoms with van der Waals surface area (Å²) in [5.74, 6) is 0.861. The number of benzene rings is 1. The van der Waals surface area contributed by atoms with Crippen molar-refractivity contribution in [3.8, 4) is 0 Å². The molecule has 0 aliphatic carbocycles. The van der Waals surface area contributed by atoms with Crippen LogP contribution in [0.5, 0.6) is 0 Å². The number of nitrogen functional groups attached to an aromatic ring is 1. The van der Waals surface area contributed by atoms with E-state index in [4.69, 9.17) is 5.73 Å². The largest absolute Gasteiger partial charge is 0.399 e. The normalized spacial score (nSPS) is 13.6. The summed E-state index contributed by atoms with van der Waals surface area (Å²) in [6, 6.07) is 11.0. The second-order valence-corrected chi connectivity index (χ2v) is 6.12. The highest BCUT2D eigenvalue weighted by Crippen LogP contribution is 2.14. The number of anilines is 2. The minimum Gasteiger partial charge on any atom is -0.399 e. The lowest BCUT2D eigenvalue weighted by molar-refractivity contribution is 0.0951. The van der Waals surface area contributed by atoms with Gasteiger partial charge in [-0.15, -0.1) is 37.2 Å². The first-order chi connectivity index (χ1) is 11.6. The molecule has 3 N–H and O–H groups in total. The molecule has 0 atom stereocenters. The van der Waals surface area contributed by atoms with Gasteiger partial charge < -0.3 is 20.9 Å². The molecule has 1 saturated heterocycles. The zero-order chi connectivity index (χ0) is 16.9. The summed E-state index contributed by atoms with van der Waals surface area (Å²) in [7, 11) is 2.14. The number of nitrogens with two attached hydrogens (primary N) is 1. The van der Waals surface area contributed by atoms with Gasteiger partial charge in [-0.2, -0.15) is 0 Å². The fourth-order valence-electron chi connectivity index (χ4n) is 2.71. The highest BCUT2D eigenvalue weighted by molar-refractivity contribution is 5.94. The van der Waals surface area contributed by atoms with Crippen LogP contribution in [-0.2, 0) is 6.54 Å². The predicted octanol–water partition coefficient (Wildman–Crippen LogP) is 2.61. The summed E-state index contributed by atoms with van der Waals surface area (Å²) in [4.78, 5) is 21.2. The van der Waals surface area contributed by atoms with Crippen LogP contribution in [0.2, 0.25) is 0 Å². The third-order valence-electron chi connectivity index (χ3n) is 4.24. The molecule has 150 valence electrons. The first kappa shape index (κ1) is 25.3. The van der Waals surface area contributed by atoms with Gasteiger partial charge in [-0.3, -0.25) is 4.79 Å². The van der Waals surface area contributed by atoms with Crippen LogP contribution in [0.25, 0.3) is 0 Å². The Kier molecular flexibility index (Phi) is 11.1. The Hall–Kier alpha value is -1.73. The van der Waals surface area contributed by atoms with Crippen LogP contribution < -0.4 is 16.0 Å². The number of halogens is 3. The summed E-state index contributed by atoms with van der Waals surface area (Å²) >= 11 is 0. The number of nitrogens with zero attached hydrogens (tertiary/aromatic N) is 3. The molecule has 1 fully saturated rings. The van der Waals surface area contributed by atoms with Crippen LogP contribution in [0.1, 0.15) is 15.9 Å². The number of hydrogen-bond donors (Lipinski definition) is 2. The van der Waals surface area contributed by atoms with Crippen LogP contribution in [0, 0.1) is 0 Å². The number of carbonyl (C=O) groups is 1. The van der Waals surface area contributed by atoms with E-state index < -0.39 is 0 Å². The summed E-state index contributed by atoms with van der Waals surface area (Å²) in [6.07, 6.45) is 1.83. The van der Waals surface area contributed by atoms with E-state index in [1.165, 1.54) is 0 Å². The van der Waals surface area contributed by atoms with Crippen LogP contribution in [0.15, 0.2) is 42.6 Å². The first-order valence-corrected chi connectivity index (χ1v) is 8.14. The van der Waals surface area contributed by atoms with Crippen molar-refractivity contribution in [2.45, 2.75) is 6.54 Å². The predicted molar refractivity (Wildman–Crippen MR) is 118 cm³/mol. The third kappa shape index (κ3) is 7.07. The van der Waals surface area contributed by atoms with Gasteiger partial charge in [0.2, 0.25) is 0 Å². The molecule has 1 aromatic carbocycles. The molecule has 1 aliphatic rings. The van der Waals surface area contributed by atoms with Crippen LogP contribution in [-0.4, -0.2) is 49.0 Å². The van der Waals surface area contributed by atoms with E-state index in [9.17, 15) is 4.79 Å². The second kappa shape index (κ2) is 11.9. The van der Waals surface area contributed by atoms with Crippen molar-refractivity contribution in [2.75, 3.05) is 43.9 Å². The molecule has 3 rings (SSSR count). The first-order valence-electron chi connectivity index (χ1n) is 8.14. The van der Waals surface area contributed by atoms with E-state index in [1.54, 1.807) is 24.3 Å². The van der Waals surface area contributed by atoms with E-state index in [-0.39, 0.29) is 43.1 Å². The standard InChI is InChI=1S/C18H23N5O.3ClH/c1-22-7-9-23(10-8-22)17-6-5-14(12-20-17)13-21-18(24)15-3-2-4-16(19)11-15;;;/h2-6,11-12H,7-10,13,19H2,1H3,(H,21,24);3*1H. The Morgan fingerprint density at radius 3 is 2.41 bits per heavy atom. The maximum atomic E-state index is 12.1. The van der Waals surface area contributed by atoms with Crippen molar-refractivity contribution in [1.29, 1.82) is 0 Å². The summed E-state index contributed by atoms with van der Waals surface area (Å²) in [5.41, 5.74) is 7.83. The van der Waals surface area contributed by atoms with Crippen LogP contribution in [0.3, 0.4) is 0 Å². The number of hydrogen-bond acceptors (Lipinski definition) is 5. The molecular weight excluding hydrogens is 409 g/mol. The molecule has 1 amide bonds. The number of rotatable bonds is 4. The van der Waals surface area contributed by atoms with Gasteiger partial charge >= 0.3 is 0 Å². The second-order valence-electron chi connectivity index (χ2n) is 6.12. The zero-order valence-electron chi connectivity index (χ0n) is 15.1. The van der Waals surface area contributed by atoms with Gasteiger partial charge in [0.25, 0.3) is 5.91 Å². The van der Waals surface area contributed by atoms with Gasteiger partial charge in [0.05, 0.1) is 0 Å². The SMILES string of the molecule is CN1CCN(c2ccc(CNC(=O)c3cccc(N)c3)cn2)CC1.Cl.Cl.Cl.